The number of carbonyl (C=O) groups is 1. The summed E-state index contributed by atoms with van der Waals surface area (Å²) in [6, 6.07) is 17.0. The van der Waals surface area contributed by atoms with Crippen LogP contribution in [-0.2, 0) is 11.3 Å². The van der Waals surface area contributed by atoms with Crippen molar-refractivity contribution in [2.45, 2.75) is 25.2 Å². The molecule has 2 N–H and O–H groups in total. The molecule has 0 aliphatic carbocycles. The number of ether oxygens (including phenoxy) is 2. The van der Waals surface area contributed by atoms with E-state index in [0.717, 1.165) is 23.0 Å². The van der Waals surface area contributed by atoms with Gasteiger partial charge in [-0.25, -0.2) is 4.79 Å². The van der Waals surface area contributed by atoms with Gasteiger partial charge in [-0.05, 0) is 30.7 Å². The third kappa shape index (κ3) is 4.87. The summed E-state index contributed by atoms with van der Waals surface area (Å²) >= 11 is 0. The lowest BCUT2D eigenvalue weighted by molar-refractivity contribution is -0.139. The average molecular weight is 408 g/mol. The number of aliphatic hydroxyl groups excluding tert-OH is 1. The van der Waals surface area contributed by atoms with Crippen LogP contribution in [-0.4, -0.2) is 58.0 Å². The van der Waals surface area contributed by atoms with E-state index in [1.807, 2.05) is 48.5 Å². The van der Waals surface area contributed by atoms with Crippen LogP contribution >= 0.6 is 0 Å². The Balaban J connectivity index is 1.37. The molecular weight excluding hydrogens is 384 g/mol. The van der Waals surface area contributed by atoms with Gasteiger partial charge in [-0.2, -0.15) is 0 Å². The molecule has 2 atom stereocenters. The maximum absolute atomic E-state index is 10.8. The molecule has 1 aliphatic rings. The van der Waals surface area contributed by atoms with Gasteiger partial charge in [-0.3, -0.25) is 9.88 Å². The van der Waals surface area contributed by atoms with E-state index in [-0.39, 0.29) is 12.7 Å². The van der Waals surface area contributed by atoms with Crippen molar-refractivity contribution < 1.29 is 24.5 Å². The number of carboxylic acids is 1. The number of nitrogens with zero attached hydrogens (tertiary/aromatic N) is 2. The summed E-state index contributed by atoms with van der Waals surface area (Å²) in [7, 11) is 0. The first-order valence-electron chi connectivity index (χ1n) is 9.93. The fraction of sp³-hybridized carbons (Fsp3) is 0.304. The SMILES string of the molecule is O=C(O)COc1ccccc1CN1CC[C@@H](Oc2ccc3cccnc3c2)[C@H](O)C1. The number of carboxylic acid groups (broad SMARTS) is 1. The summed E-state index contributed by atoms with van der Waals surface area (Å²) in [5.41, 5.74) is 1.76. The van der Waals surface area contributed by atoms with Crippen LogP contribution in [0.15, 0.2) is 60.8 Å². The molecule has 0 unspecified atom stereocenters. The van der Waals surface area contributed by atoms with Gasteiger partial charge in [0.25, 0.3) is 0 Å². The first-order chi connectivity index (χ1) is 14.6. The molecule has 3 aromatic rings. The topological polar surface area (TPSA) is 92.1 Å². The Labute approximate surface area is 174 Å². The van der Waals surface area contributed by atoms with Gasteiger partial charge in [-0.1, -0.05) is 24.3 Å². The molecule has 7 heteroatoms. The van der Waals surface area contributed by atoms with Crippen LogP contribution in [0.3, 0.4) is 0 Å². The van der Waals surface area contributed by atoms with E-state index in [1.54, 1.807) is 12.3 Å². The Morgan fingerprint density at radius 2 is 2.03 bits per heavy atom. The molecule has 1 fully saturated rings. The monoisotopic (exact) mass is 408 g/mol. The van der Waals surface area contributed by atoms with Crippen LogP contribution in [0.25, 0.3) is 10.9 Å². The molecule has 2 heterocycles. The average Bonchev–Trinajstić information content (AvgIpc) is 2.75. The lowest BCUT2D eigenvalue weighted by Crippen LogP contribution is -2.48. The molecular formula is C23H24N2O5. The second-order valence-corrected chi connectivity index (χ2v) is 7.40. The number of pyridine rings is 1. The number of hydrogen-bond donors (Lipinski definition) is 2. The van der Waals surface area contributed by atoms with Crippen molar-refractivity contribution >= 4 is 16.9 Å². The Hall–Kier alpha value is -3.16. The van der Waals surface area contributed by atoms with Gasteiger partial charge in [0.05, 0.1) is 5.52 Å². The van der Waals surface area contributed by atoms with Gasteiger partial charge in [0.2, 0.25) is 0 Å². The van der Waals surface area contributed by atoms with Crippen LogP contribution in [0.1, 0.15) is 12.0 Å². The number of β-amino-alcohol motifs (C(OH)–C–C–N with tert-alkyl or cyclic N) is 1. The first-order valence-corrected chi connectivity index (χ1v) is 9.93. The zero-order valence-electron chi connectivity index (χ0n) is 16.5. The van der Waals surface area contributed by atoms with Crippen molar-refractivity contribution in [2.24, 2.45) is 0 Å². The number of fused-ring (bicyclic) bond motifs is 1. The molecule has 2 aromatic carbocycles. The number of para-hydroxylation sites is 1. The van der Waals surface area contributed by atoms with Crippen LogP contribution in [0.2, 0.25) is 0 Å². The molecule has 1 aliphatic heterocycles. The number of aromatic nitrogens is 1. The predicted octanol–water partition coefficient (Wildman–Crippen LogP) is 2.71. The van der Waals surface area contributed by atoms with E-state index in [2.05, 4.69) is 9.88 Å². The second-order valence-electron chi connectivity index (χ2n) is 7.40. The quantitative estimate of drug-likeness (QED) is 0.621. The van der Waals surface area contributed by atoms with Crippen molar-refractivity contribution in [3.05, 3.63) is 66.4 Å². The highest BCUT2D eigenvalue weighted by atomic mass is 16.5. The maximum Gasteiger partial charge on any atom is 0.341 e. The van der Waals surface area contributed by atoms with Gasteiger partial charge in [0.15, 0.2) is 6.61 Å². The summed E-state index contributed by atoms with van der Waals surface area (Å²) in [5, 5.41) is 20.5. The smallest absolute Gasteiger partial charge is 0.341 e. The number of hydrogen-bond acceptors (Lipinski definition) is 6. The van der Waals surface area contributed by atoms with Crippen molar-refractivity contribution in [3.63, 3.8) is 0 Å². The summed E-state index contributed by atoms with van der Waals surface area (Å²) in [6.07, 6.45) is 1.50. The predicted molar refractivity (Wildman–Crippen MR) is 112 cm³/mol. The van der Waals surface area contributed by atoms with E-state index in [9.17, 15) is 9.90 Å². The van der Waals surface area contributed by atoms with Gasteiger partial charge in [0.1, 0.15) is 23.7 Å². The van der Waals surface area contributed by atoms with Crippen LogP contribution in [0.4, 0.5) is 0 Å². The number of piperidine rings is 1. The zero-order valence-corrected chi connectivity index (χ0v) is 16.5. The van der Waals surface area contributed by atoms with Crippen molar-refractivity contribution in [1.82, 2.24) is 9.88 Å². The highest BCUT2D eigenvalue weighted by molar-refractivity contribution is 5.79. The van der Waals surface area contributed by atoms with E-state index in [1.165, 1.54) is 0 Å². The van der Waals surface area contributed by atoms with E-state index >= 15 is 0 Å². The highest BCUT2D eigenvalue weighted by Gasteiger charge is 2.29. The Morgan fingerprint density at radius 3 is 2.87 bits per heavy atom. The fourth-order valence-corrected chi connectivity index (χ4v) is 3.71. The molecule has 0 saturated carbocycles. The molecule has 0 bridgehead atoms. The van der Waals surface area contributed by atoms with Gasteiger partial charge in [-0.15, -0.1) is 0 Å². The van der Waals surface area contributed by atoms with Crippen molar-refractivity contribution in [3.8, 4) is 11.5 Å². The minimum atomic E-state index is -1.01. The van der Waals surface area contributed by atoms with E-state index in [4.69, 9.17) is 14.6 Å². The molecule has 0 radical (unpaired) electrons. The molecule has 30 heavy (non-hydrogen) atoms. The minimum Gasteiger partial charge on any atom is -0.488 e. The number of benzene rings is 2. The van der Waals surface area contributed by atoms with Gasteiger partial charge < -0.3 is 19.7 Å². The number of rotatable bonds is 7. The van der Waals surface area contributed by atoms with Crippen LogP contribution < -0.4 is 9.47 Å². The lowest BCUT2D eigenvalue weighted by atomic mass is 10.0. The number of aliphatic carboxylic acids is 1. The largest absolute Gasteiger partial charge is 0.488 e. The molecule has 7 nitrogen and oxygen atoms in total. The molecule has 0 spiro atoms. The second kappa shape index (κ2) is 9.11. The standard InChI is InChI=1S/C23H24N2O5/c26-20-14-25(13-17-4-1-2-6-21(17)29-15-23(27)28)11-9-22(20)30-18-8-7-16-5-3-10-24-19(16)12-18/h1-8,10,12,20,22,26H,9,11,13-15H2,(H,27,28)/t20-,22-/m1/s1. The Bertz CT molecular complexity index is 1030. The number of aliphatic hydroxyl groups is 1. The zero-order chi connectivity index (χ0) is 20.9. The van der Waals surface area contributed by atoms with E-state index in [0.29, 0.717) is 31.0 Å². The minimum absolute atomic E-state index is 0.291. The maximum atomic E-state index is 10.8. The summed E-state index contributed by atoms with van der Waals surface area (Å²) < 4.78 is 11.4. The highest BCUT2D eigenvalue weighted by Crippen LogP contribution is 2.25. The Morgan fingerprint density at radius 1 is 1.17 bits per heavy atom. The lowest BCUT2D eigenvalue weighted by Gasteiger charge is -2.36. The summed E-state index contributed by atoms with van der Waals surface area (Å²) in [5.74, 6) is 0.240. The molecule has 156 valence electrons. The third-order valence-corrected chi connectivity index (χ3v) is 5.19. The van der Waals surface area contributed by atoms with Crippen LogP contribution in [0, 0.1) is 0 Å². The molecule has 1 saturated heterocycles. The molecule has 0 amide bonds. The van der Waals surface area contributed by atoms with Gasteiger partial charge >= 0.3 is 5.97 Å². The summed E-state index contributed by atoms with van der Waals surface area (Å²) in [6.45, 7) is 1.40. The fourth-order valence-electron chi connectivity index (χ4n) is 3.71. The van der Waals surface area contributed by atoms with Crippen molar-refractivity contribution in [2.75, 3.05) is 19.7 Å². The van der Waals surface area contributed by atoms with E-state index < -0.39 is 12.1 Å². The van der Waals surface area contributed by atoms with Crippen molar-refractivity contribution in [1.29, 1.82) is 0 Å². The summed E-state index contributed by atoms with van der Waals surface area (Å²) in [4.78, 5) is 17.3. The third-order valence-electron chi connectivity index (χ3n) is 5.19. The van der Waals surface area contributed by atoms with Crippen LogP contribution in [0.5, 0.6) is 11.5 Å². The first kappa shape index (κ1) is 20.1. The Kier molecular flexibility index (Phi) is 6.11. The van der Waals surface area contributed by atoms with Gasteiger partial charge in [0, 0.05) is 42.8 Å². The molecule has 4 rings (SSSR count). The normalized spacial score (nSPS) is 19.5. The number of likely N-dealkylation sites (tertiary alicyclic amines) is 1. The molecule has 1 aromatic heterocycles.